The van der Waals surface area contributed by atoms with Crippen molar-refractivity contribution in [3.8, 4) is 5.75 Å². The van der Waals surface area contributed by atoms with Gasteiger partial charge < -0.3 is 20.1 Å². The second kappa shape index (κ2) is 7.98. The lowest BCUT2D eigenvalue weighted by Gasteiger charge is -2.25. The van der Waals surface area contributed by atoms with Crippen molar-refractivity contribution in [2.24, 2.45) is 0 Å². The Morgan fingerprint density at radius 3 is 3.00 bits per heavy atom. The first-order valence-electron chi connectivity index (χ1n) is 7.72. The van der Waals surface area contributed by atoms with Crippen LogP contribution in [0.3, 0.4) is 0 Å². The number of hydrogen-bond donors (Lipinski definition) is 2. The molecule has 0 aliphatic carbocycles. The predicted octanol–water partition coefficient (Wildman–Crippen LogP) is 2.15. The lowest BCUT2D eigenvalue weighted by molar-refractivity contribution is 0.147. The van der Waals surface area contributed by atoms with Crippen LogP contribution < -0.4 is 10.1 Å². The fourth-order valence-electron chi connectivity index (χ4n) is 2.58. The van der Waals surface area contributed by atoms with Gasteiger partial charge in [0.2, 0.25) is 0 Å². The molecule has 1 aromatic carbocycles. The Morgan fingerprint density at radius 2 is 2.32 bits per heavy atom. The molecule has 2 unspecified atom stereocenters. The van der Waals surface area contributed by atoms with Gasteiger partial charge >= 0.3 is 6.03 Å². The minimum absolute atomic E-state index is 0.0175. The van der Waals surface area contributed by atoms with Crippen LogP contribution in [-0.2, 0) is 0 Å². The van der Waals surface area contributed by atoms with Crippen molar-refractivity contribution >= 4 is 6.03 Å². The van der Waals surface area contributed by atoms with Gasteiger partial charge in [0.25, 0.3) is 0 Å². The summed E-state index contributed by atoms with van der Waals surface area (Å²) in [5.74, 6) is -0.217. The van der Waals surface area contributed by atoms with Crippen LogP contribution in [0.25, 0.3) is 0 Å². The van der Waals surface area contributed by atoms with E-state index in [1.807, 2.05) is 6.92 Å². The zero-order chi connectivity index (χ0) is 15.9. The molecule has 5 nitrogen and oxygen atoms in total. The lowest BCUT2D eigenvalue weighted by Crippen LogP contribution is -2.46. The van der Waals surface area contributed by atoms with E-state index >= 15 is 0 Å². The molecule has 0 radical (unpaired) electrons. The van der Waals surface area contributed by atoms with Gasteiger partial charge in [-0.25, -0.2) is 9.18 Å². The first kappa shape index (κ1) is 16.5. The summed E-state index contributed by atoms with van der Waals surface area (Å²) in [4.78, 5) is 13.8. The maximum Gasteiger partial charge on any atom is 0.317 e. The summed E-state index contributed by atoms with van der Waals surface area (Å²) in [6, 6.07) is 5.92. The van der Waals surface area contributed by atoms with Crippen molar-refractivity contribution in [3.63, 3.8) is 0 Å². The van der Waals surface area contributed by atoms with Gasteiger partial charge in [-0.05, 0) is 31.4 Å². The minimum Gasteiger partial charge on any atom is -0.486 e. The molecule has 1 fully saturated rings. The van der Waals surface area contributed by atoms with Gasteiger partial charge in [0.1, 0.15) is 6.10 Å². The van der Waals surface area contributed by atoms with Crippen molar-refractivity contribution in [1.82, 2.24) is 10.2 Å². The number of halogens is 1. The minimum atomic E-state index is -0.410. The number of rotatable bonds is 6. The van der Waals surface area contributed by atoms with E-state index in [1.54, 1.807) is 23.1 Å². The van der Waals surface area contributed by atoms with E-state index in [9.17, 15) is 14.3 Å². The number of nitrogens with one attached hydrogen (secondary N) is 1. The molecule has 1 heterocycles. The van der Waals surface area contributed by atoms with Gasteiger partial charge in [-0.1, -0.05) is 19.1 Å². The summed E-state index contributed by atoms with van der Waals surface area (Å²) in [5.41, 5.74) is 0. The topological polar surface area (TPSA) is 61.8 Å². The van der Waals surface area contributed by atoms with E-state index < -0.39 is 5.82 Å². The standard InChI is InChI=1S/C16H23FN2O3/c1-2-13(22-15-8-4-3-7-14(15)17)10-18-16(21)19-9-5-6-12(19)11-20/h3-4,7-8,12-13,20H,2,5-6,9-11H2,1H3,(H,18,21). The number of ether oxygens (including phenoxy) is 1. The normalized spacial score (nSPS) is 19.0. The monoisotopic (exact) mass is 310 g/mol. The fraction of sp³-hybridized carbons (Fsp3) is 0.562. The smallest absolute Gasteiger partial charge is 0.317 e. The molecule has 0 spiro atoms. The zero-order valence-corrected chi connectivity index (χ0v) is 12.8. The lowest BCUT2D eigenvalue weighted by atomic mass is 10.2. The quantitative estimate of drug-likeness (QED) is 0.846. The summed E-state index contributed by atoms with van der Waals surface area (Å²) in [5, 5.41) is 12.1. The van der Waals surface area contributed by atoms with Crippen LogP contribution in [0.4, 0.5) is 9.18 Å². The molecule has 0 aromatic heterocycles. The Labute approximate surface area is 130 Å². The molecule has 2 amide bonds. The van der Waals surface area contributed by atoms with Gasteiger partial charge in [0, 0.05) is 6.54 Å². The first-order chi connectivity index (χ1) is 10.7. The molecule has 122 valence electrons. The number of hydrogen-bond acceptors (Lipinski definition) is 3. The van der Waals surface area contributed by atoms with Gasteiger partial charge in [0.05, 0.1) is 19.2 Å². The molecule has 6 heteroatoms. The van der Waals surface area contributed by atoms with E-state index in [-0.39, 0.29) is 30.5 Å². The third kappa shape index (κ3) is 4.10. The highest BCUT2D eigenvalue weighted by Gasteiger charge is 2.28. The number of para-hydroxylation sites is 1. The Kier molecular flexibility index (Phi) is 6.00. The number of likely N-dealkylation sites (tertiary alicyclic amines) is 1. The van der Waals surface area contributed by atoms with E-state index in [4.69, 9.17) is 4.74 Å². The van der Waals surface area contributed by atoms with Gasteiger partial charge in [-0.3, -0.25) is 0 Å². The third-order valence-corrected chi connectivity index (χ3v) is 3.92. The number of aliphatic hydroxyl groups is 1. The fourth-order valence-corrected chi connectivity index (χ4v) is 2.58. The molecule has 0 saturated carbocycles. The second-order valence-corrected chi connectivity index (χ2v) is 5.44. The summed E-state index contributed by atoms with van der Waals surface area (Å²) >= 11 is 0. The van der Waals surface area contributed by atoms with Gasteiger partial charge in [-0.2, -0.15) is 0 Å². The van der Waals surface area contributed by atoms with Crippen LogP contribution in [0.2, 0.25) is 0 Å². The molecule has 2 rings (SSSR count). The SMILES string of the molecule is CCC(CNC(=O)N1CCCC1CO)Oc1ccccc1F. The largest absolute Gasteiger partial charge is 0.486 e. The predicted molar refractivity (Wildman–Crippen MR) is 81.3 cm³/mol. The first-order valence-corrected chi connectivity index (χ1v) is 7.72. The number of aliphatic hydroxyl groups excluding tert-OH is 1. The number of amides is 2. The van der Waals surface area contributed by atoms with E-state index in [2.05, 4.69) is 5.32 Å². The molecule has 1 saturated heterocycles. The van der Waals surface area contributed by atoms with E-state index in [0.29, 0.717) is 19.5 Å². The molecule has 2 N–H and O–H groups in total. The number of carbonyl (C=O) groups is 1. The summed E-state index contributed by atoms with van der Waals surface area (Å²) in [6.45, 7) is 2.86. The highest BCUT2D eigenvalue weighted by molar-refractivity contribution is 5.74. The van der Waals surface area contributed by atoms with Crippen molar-refractivity contribution in [3.05, 3.63) is 30.1 Å². The molecular weight excluding hydrogens is 287 g/mol. The maximum absolute atomic E-state index is 13.6. The summed E-state index contributed by atoms with van der Waals surface area (Å²) < 4.78 is 19.2. The van der Waals surface area contributed by atoms with Crippen molar-refractivity contribution in [2.45, 2.75) is 38.3 Å². The second-order valence-electron chi connectivity index (χ2n) is 5.44. The Bertz CT molecular complexity index is 498. The number of benzene rings is 1. The number of nitrogens with zero attached hydrogens (tertiary/aromatic N) is 1. The van der Waals surface area contributed by atoms with Crippen LogP contribution in [0.5, 0.6) is 5.75 Å². The highest BCUT2D eigenvalue weighted by Crippen LogP contribution is 2.19. The molecule has 0 bridgehead atoms. The van der Waals surface area contributed by atoms with Crippen molar-refractivity contribution in [1.29, 1.82) is 0 Å². The Hall–Kier alpha value is -1.82. The molecule has 2 atom stereocenters. The van der Waals surface area contributed by atoms with Gasteiger partial charge in [0.15, 0.2) is 11.6 Å². The van der Waals surface area contributed by atoms with Crippen LogP contribution in [0, 0.1) is 5.82 Å². The third-order valence-electron chi connectivity index (χ3n) is 3.92. The van der Waals surface area contributed by atoms with Gasteiger partial charge in [-0.15, -0.1) is 0 Å². The van der Waals surface area contributed by atoms with E-state index in [0.717, 1.165) is 12.8 Å². The average Bonchev–Trinajstić information content (AvgIpc) is 3.01. The van der Waals surface area contributed by atoms with E-state index in [1.165, 1.54) is 6.07 Å². The molecule has 1 aromatic rings. The Morgan fingerprint density at radius 1 is 1.55 bits per heavy atom. The van der Waals surface area contributed by atoms with Crippen LogP contribution in [0.1, 0.15) is 26.2 Å². The van der Waals surface area contributed by atoms with Crippen LogP contribution >= 0.6 is 0 Å². The summed E-state index contributed by atoms with van der Waals surface area (Å²) in [6.07, 6.45) is 2.09. The molecule has 1 aliphatic heterocycles. The zero-order valence-electron chi connectivity index (χ0n) is 12.8. The summed E-state index contributed by atoms with van der Waals surface area (Å²) in [7, 11) is 0. The Balaban J connectivity index is 1.86. The maximum atomic E-state index is 13.6. The molecular formula is C16H23FN2O3. The molecule has 1 aliphatic rings. The highest BCUT2D eigenvalue weighted by atomic mass is 19.1. The van der Waals surface area contributed by atoms with Crippen molar-refractivity contribution in [2.75, 3.05) is 19.7 Å². The van der Waals surface area contributed by atoms with Crippen LogP contribution in [-0.4, -0.2) is 47.9 Å². The number of carbonyl (C=O) groups excluding carboxylic acids is 1. The van der Waals surface area contributed by atoms with Crippen molar-refractivity contribution < 1.29 is 19.0 Å². The number of urea groups is 1. The van der Waals surface area contributed by atoms with Crippen LogP contribution in [0.15, 0.2) is 24.3 Å². The molecule has 22 heavy (non-hydrogen) atoms. The average molecular weight is 310 g/mol.